The monoisotopic (exact) mass is 500 g/mol. The standard InChI is InChI=1S/C27H28N6O2S/c1-3-4-17-33(27(36)32(2)24-12-8-7-11-23(24)26(34)35)18-19-13-15-20(16-14-19)21-9-5-6-10-22(21)25-28-30-31-29-25/h5-16H,3-4,17-18H2,1-2H3,(H,34,35)(H,28,29,30,31). The van der Waals surface area contributed by atoms with Gasteiger partial charge in [-0.3, -0.25) is 0 Å². The predicted octanol–water partition coefficient (Wildman–Crippen LogP) is 5.26. The van der Waals surface area contributed by atoms with Gasteiger partial charge in [-0.25, -0.2) is 4.79 Å². The van der Waals surface area contributed by atoms with E-state index in [-0.39, 0.29) is 5.56 Å². The third-order valence-corrected chi connectivity index (χ3v) is 6.52. The van der Waals surface area contributed by atoms with Gasteiger partial charge in [0.25, 0.3) is 0 Å². The first-order chi connectivity index (χ1) is 17.5. The van der Waals surface area contributed by atoms with Crippen LogP contribution in [0.25, 0.3) is 22.5 Å². The molecule has 4 rings (SSSR count). The number of thiocarbonyl (C=S) groups is 1. The quantitative estimate of drug-likeness (QED) is 0.301. The molecule has 0 aliphatic rings. The number of unbranched alkanes of at least 4 members (excludes halogenated alkanes) is 1. The molecule has 3 aromatic carbocycles. The number of nitrogens with one attached hydrogen (secondary N) is 1. The average Bonchev–Trinajstić information content (AvgIpc) is 3.45. The first-order valence-corrected chi connectivity index (χ1v) is 12.2. The molecule has 4 aromatic rings. The fourth-order valence-corrected chi connectivity index (χ4v) is 4.32. The smallest absolute Gasteiger partial charge is 0.337 e. The molecule has 0 atom stereocenters. The number of carbonyl (C=O) groups is 1. The van der Waals surface area contributed by atoms with Crippen LogP contribution in [0, 0.1) is 0 Å². The van der Waals surface area contributed by atoms with E-state index in [9.17, 15) is 9.90 Å². The topological polar surface area (TPSA) is 98.2 Å². The number of aromatic nitrogens is 4. The van der Waals surface area contributed by atoms with E-state index >= 15 is 0 Å². The summed E-state index contributed by atoms with van der Waals surface area (Å²) in [7, 11) is 1.82. The van der Waals surface area contributed by atoms with E-state index in [4.69, 9.17) is 12.2 Å². The third-order valence-electron chi connectivity index (χ3n) is 5.99. The summed E-state index contributed by atoms with van der Waals surface area (Å²) < 4.78 is 0. The van der Waals surface area contributed by atoms with Crippen molar-refractivity contribution in [3.8, 4) is 22.5 Å². The lowest BCUT2D eigenvalue weighted by atomic mass is 9.98. The number of carboxylic acid groups (broad SMARTS) is 1. The van der Waals surface area contributed by atoms with Gasteiger partial charge in [0.05, 0.1) is 11.3 Å². The molecule has 9 heteroatoms. The van der Waals surface area contributed by atoms with Crippen LogP contribution in [0.1, 0.15) is 35.7 Å². The molecule has 1 aromatic heterocycles. The maximum Gasteiger partial charge on any atom is 0.337 e. The first-order valence-electron chi connectivity index (χ1n) is 11.8. The number of benzene rings is 3. The number of hydrogen-bond donors (Lipinski definition) is 2. The zero-order chi connectivity index (χ0) is 25.5. The van der Waals surface area contributed by atoms with E-state index in [0.29, 0.717) is 23.2 Å². The fourth-order valence-electron chi connectivity index (χ4n) is 4.07. The summed E-state index contributed by atoms with van der Waals surface area (Å²) in [5.74, 6) is -0.424. The van der Waals surface area contributed by atoms with Gasteiger partial charge in [0.1, 0.15) is 0 Å². The van der Waals surface area contributed by atoms with Crippen molar-refractivity contribution >= 4 is 29.0 Å². The first kappa shape index (κ1) is 25.0. The van der Waals surface area contributed by atoms with Gasteiger partial charge in [-0.1, -0.05) is 74.0 Å². The van der Waals surface area contributed by atoms with Crippen LogP contribution in [0.4, 0.5) is 5.69 Å². The summed E-state index contributed by atoms with van der Waals surface area (Å²) in [5.41, 5.74) is 4.88. The van der Waals surface area contributed by atoms with Gasteiger partial charge in [0, 0.05) is 25.7 Å². The molecule has 0 saturated heterocycles. The molecule has 1 heterocycles. The number of rotatable bonds is 9. The van der Waals surface area contributed by atoms with Gasteiger partial charge in [0.15, 0.2) is 5.11 Å². The molecule has 0 unspecified atom stereocenters. The molecule has 0 bridgehead atoms. The minimum absolute atomic E-state index is 0.224. The maximum absolute atomic E-state index is 11.7. The van der Waals surface area contributed by atoms with Crippen molar-refractivity contribution in [3.63, 3.8) is 0 Å². The van der Waals surface area contributed by atoms with Crippen molar-refractivity contribution in [3.05, 3.63) is 83.9 Å². The predicted molar refractivity (Wildman–Crippen MR) is 145 cm³/mol. The lowest BCUT2D eigenvalue weighted by Crippen LogP contribution is -2.41. The molecule has 36 heavy (non-hydrogen) atoms. The van der Waals surface area contributed by atoms with E-state index in [0.717, 1.165) is 41.6 Å². The van der Waals surface area contributed by atoms with Crippen LogP contribution in [0.2, 0.25) is 0 Å². The van der Waals surface area contributed by atoms with Gasteiger partial charge in [-0.15, -0.1) is 10.2 Å². The second-order valence-electron chi connectivity index (χ2n) is 8.42. The number of tetrazole rings is 1. The number of hydrogen-bond acceptors (Lipinski definition) is 5. The fraction of sp³-hybridized carbons (Fsp3) is 0.222. The molecule has 184 valence electrons. The lowest BCUT2D eigenvalue weighted by molar-refractivity contribution is 0.0697. The SMILES string of the molecule is CCCCN(Cc1ccc(-c2ccccc2-c2nn[nH]n2)cc1)C(=S)N(C)c1ccccc1C(=O)O. The second kappa shape index (κ2) is 11.5. The molecular weight excluding hydrogens is 472 g/mol. The van der Waals surface area contributed by atoms with E-state index in [2.05, 4.69) is 56.7 Å². The van der Waals surface area contributed by atoms with Gasteiger partial charge >= 0.3 is 5.97 Å². The summed E-state index contributed by atoms with van der Waals surface area (Å²) in [5, 5.41) is 24.6. The Bertz CT molecular complexity index is 1320. The Balaban J connectivity index is 1.56. The zero-order valence-corrected chi connectivity index (χ0v) is 21.1. The molecule has 8 nitrogen and oxygen atoms in total. The van der Waals surface area contributed by atoms with Crippen molar-refractivity contribution in [2.45, 2.75) is 26.3 Å². The van der Waals surface area contributed by atoms with E-state index in [1.165, 1.54) is 0 Å². The summed E-state index contributed by atoms with van der Waals surface area (Å²) in [4.78, 5) is 15.6. The number of para-hydroxylation sites is 1. The molecular formula is C27H28N6O2S. The number of H-pyrrole nitrogens is 1. The van der Waals surface area contributed by atoms with Crippen LogP contribution in [-0.4, -0.2) is 55.3 Å². The molecule has 0 aliphatic heterocycles. The van der Waals surface area contributed by atoms with Crippen LogP contribution >= 0.6 is 12.2 Å². The second-order valence-corrected chi connectivity index (χ2v) is 8.78. The van der Waals surface area contributed by atoms with Gasteiger partial charge in [-0.2, -0.15) is 5.21 Å². The largest absolute Gasteiger partial charge is 0.478 e. The summed E-state index contributed by atoms with van der Waals surface area (Å²) in [6.07, 6.45) is 2.01. The number of nitrogens with zero attached hydrogens (tertiary/aromatic N) is 5. The Kier molecular flexibility index (Phi) is 8.02. The number of anilines is 1. The van der Waals surface area contributed by atoms with Crippen molar-refractivity contribution in [2.24, 2.45) is 0 Å². The van der Waals surface area contributed by atoms with Gasteiger partial charge in [-0.05, 0) is 52.7 Å². The summed E-state index contributed by atoms with van der Waals surface area (Å²) in [6.45, 7) is 3.53. The normalized spacial score (nSPS) is 10.7. The van der Waals surface area contributed by atoms with Crippen molar-refractivity contribution in [1.82, 2.24) is 25.5 Å². The molecule has 2 N–H and O–H groups in total. The van der Waals surface area contributed by atoms with Crippen molar-refractivity contribution in [2.75, 3.05) is 18.5 Å². The molecule has 0 saturated carbocycles. The van der Waals surface area contributed by atoms with Crippen molar-refractivity contribution in [1.29, 1.82) is 0 Å². The summed E-state index contributed by atoms with van der Waals surface area (Å²) in [6, 6.07) is 23.2. The molecule has 0 radical (unpaired) electrons. The van der Waals surface area contributed by atoms with Crippen LogP contribution in [0.5, 0.6) is 0 Å². The van der Waals surface area contributed by atoms with Crippen LogP contribution < -0.4 is 4.90 Å². The van der Waals surface area contributed by atoms with E-state index in [1.807, 2.05) is 37.4 Å². The number of carboxylic acids is 1. The molecule has 0 spiro atoms. The van der Waals surface area contributed by atoms with Gasteiger partial charge < -0.3 is 14.9 Å². The lowest BCUT2D eigenvalue weighted by Gasteiger charge is -2.32. The van der Waals surface area contributed by atoms with Crippen LogP contribution in [-0.2, 0) is 6.54 Å². The molecule has 0 amide bonds. The molecule has 0 aliphatic carbocycles. The molecule has 0 fully saturated rings. The number of aromatic amines is 1. The van der Waals surface area contributed by atoms with Crippen LogP contribution in [0.15, 0.2) is 72.8 Å². The Morgan fingerprint density at radius 1 is 1.00 bits per heavy atom. The van der Waals surface area contributed by atoms with E-state index < -0.39 is 5.97 Å². The van der Waals surface area contributed by atoms with Crippen LogP contribution in [0.3, 0.4) is 0 Å². The summed E-state index contributed by atoms with van der Waals surface area (Å²) >= 11 is 5.84. The Hall–Kier alpha value is -4.11. The Labute approximate surface area is 215 Å². The minimum atomic E-state index is -0.975. The number of aromatic carboxylic acids is 1. The average molecular weight is 501 g/mol. The van der Waals surface area contributed by atoms with Gasteiger partial charge in [0.2, 0.25) is 5.82 Å². The highest BCUT2D eigenvalue weighted by Gasteiger charge is 2.20. The Morgan fingerprint density at radius 2 is 1.69 bits per heavy atom. The Morgan fingerprint density at radius 3 is 2.36 bits per heavy atom. The van der Waals surface area contributed by atoms with E-state index in [1.54, 1.807) is 23.1 Å². The highest BCUT2D eigenvalue weighted by molar-refractivity contribution is 7.80. The highest BCUT2D eigenvalue weighted by atomic mass is 32.1. The highest BCUT2D eigenvalue weighted by Crippen LogP contribution is 2.30. The third kappa shape index (κ3) is 5.58. The zero-order valence-electron chi connectivity index (χ0n) is 20.3. The van der Waals surface area contributed by atoms with Crippen molar-refractivity contribution < 1.29 is 9.90 Å². The minimum Gasteiger partial charge on any atom is -0.478 e. The maximum atomic E-state index is 11.7.